The SMILES string of the molecule is CNS(=O)(=O)c1cnc(NCc2cccc(C(F)F)c2)c(-c2cn(C)cn2)n1. The number of benzene rings is 1. The first-order valence-electron chi connectivity index (χ1n) is 8.20. The summed E-state index contributed by atoms with van der Waals surface area (Å²) in [5, 5.41) is 2.77. The molecule has 11 heteroatoms. The first-order chi connectivity index (χ1) is 13.3. The minimum Gasteiger partial charge on any atom is -0.364 e. The van der Waals surface area contributed by atoms with Gasteiger partial charge in [0.05, 0.1) is 12.5 Å². The van der Waals surface area contributed by atoms with Crippen molar-refractivity contribution in [1.29, 1.82) is 0 Å². The van der Waals surface area contributed by atoms with Gasteiger partial charge in [-0.1, -0.05) is 18.2 Å². The summed E-state index contributed by atoms with van der Waals surface area (Å²) in [5.74, 6) is 0.288. The van der Waals surface area contributed by atoms with Crippen LogP contribution in [0, 0.1) is 0 Å². The van der Waals surface area contributed by atoms with Gasteiger partial charge in [0.2, 0.25) is 0 Å². The van der Waals surface area contributed by atoms with Gasteiger partial charge in [-0.05, 0) is 18.7 Å². The smallest absolute Gasteiger partial charge is 0.263 e. The predicted octanol–water partition coefficient (Wildman–Crippen LogP) is 2.33. The third-order valence-electron chi connectivity index (χ3n) is 3.90. The zero-order chi connectivity index (χ0) is 20.3. The largest absolute Gasteiger partial charge is 0.364 e. The Bertz CT molecular complexity index is 1080. The van der Waals surface area contributed by atoms with Crippen LogP contribution in [0.3, 0.4) is 0 Å². The molecule has 8 nitrogen and oxygen atoms in total. The van der Waals surface area contributed by atoms with Gasteiger partial charge in [0.15, 0.2) is 10.8 Å². The van der Waals surface area contributed by atoms with Gasteiger partial charge in [-0.15, -0.1) is 0 Å². The third kappa shape index (κ3) is 4.31. The van der Waals surface area contributed by atoms with Crippen LogP contribution >= 0.6 is 0 Å². The summed E-state index contributed by atoms with van der Waals surface area (Å²) < 4.78 is 53.7. The number of anilines is 1. The van der Waals surface area contributed by atoms with Crippen LogP contribution in [0.4, 0.5) is 14.6 Å². The number of hydrogen-bond donors (Lipinski definition) is 2. The fraction of sp³-hybridized carbons (Fsp3) is 0.235. The standard InChI is InChI=1S/C17H18F2N6O2S/c1-20-28(26,27)14-8-22-17(15(24-14)13-9-25(2)10-23-13)21-7-11-4-3-5-12(6-11)16(18)19/h3-6,8-10,16,20H,7H2,1-2H3,(H,21,22). The second-order valence-corrected chi connectivity index (χ2v) is 7.77. The van der Waals surface area contributed by atoms with Crippen LogP contribution in [0.15, 0.2) is 48.0 Å². The second-order valence-electron chi connectivity index (χ2n) is 5.94. The summed E-state index contributed by atoms with van der Waals surface area (Å²) in [6.07, 6.45) is 1.78. The Morgan fingerprint density at radius 2 is 2.04 bits per heavy atom. The van der Waals surface area contributed by atoms with E-state index in [2.05, 4.69) is 25.0 Å². The number of alkyl halides is 2. The Morgan fingerprint density at radius 3 is 2.68 bits per heavy atom. The van der Waals surface area contributed by atoms with Gasteiger partial charge in [0.25, 0.3) is 16.4 Å². The lowest BCUT2D eigenvalue weighted by atomic mass is 10.1. The van der Waals surface area contributed by atoms with Gasteiger partial charge in [0, 0.05) is 25.4 Å². The average Bonchev–Trinajstić information content (AvgIpc) is 3.12. The van der Waals surface area contributed by atoms with Crippen molar-refractivity contribution >= 4 is 15.8 Å². The number of aromatic nitrogens is 4. The molecule has 0 spiro atoms. The zero-order valence-corrected chi connectivity index (χ0v) is 15.9. The number of imidazole rings is 1. The highest BCUT2D eigenvalue weighted by Gasteiger charge is 2.19. The van der Waals surface area contributed by atoms with E-state index in [1.54, 1.807) is 36.3 Å². The van der Waals surface area contributed by atoms with E-state index in [4.69, 9.17) is 0 Å². The molecule has 3 aromatic rings. The number of nitrogens with one attached hydrogen (secondary N) is 2. The number of aryl methyl sites for hydroxylation is 1. The van der Waals surface area contributed by atoms with E-state index in [1.807, 2.05) is 0 Å². The van der Waals surface area contributed by atoms with Crippen molar-refractivity contribution in [3.8, 4) is 11.4 Å². The van der Waals surface area contributed by atoms with Crippen LogP contribution < -0.4 is 10.0 Å². The highest BCUT2D eigenvalue weighted by Crippen LogP contribution is 2.25. The van der Waals surface area contributed by atoms with E-state index in [-0.39, 0.29) is 28.6 Å². The number of halogens is 2. The summed E-state index contributed by atoms with van der Waals surface area (Å²) in [7, 11) is -0.748. The van der Waals surface area contributed by atoms with E-state index >= 15 is 0 Å². The van der Waals surface area contributed by atoms with Crippen LogP contribution in [0.2, 0.25) is 0 Å². The van der Waals surface area contributed by atoms with Crippen molar-refractivity contribution in [1.82, 2.24) is 24.2 Å². The monoisotopic (exact) mass is 408 g/mol. The summed E-state index contributed by atoms with van der Waals surface area (Å²) in [4.78, 5) is 12.5. The van der Waals surface area contributed by atoms with Gasteiger partial charge in [0.1, 0.15) is 11.4 Å². The Morgan fingerprint density at radius 1 is 1.25 bits per heavy atom. The summed E-state index contributed by atoms with van der Waals surface area (Å²) >= 11 is 0. The van der Waals surface area contributed by atoms with Gasteiger partial charge in [-0.3, -0.25) is 0 Å². The van der Waals surface area contributed by atoms with Gasteiger partial charge in [-0.25, -0.2) is 36.9 Å². The highest BCUT2D eigenvalue weighted by molar-refractivity contribution is 7.89. The molecule has 3 rings (SSSR count). The molecule has 0 saturated carbocycles. The molecule has 2 heterocycles. The number of sulfonamides is 1. The third-order valence-corrected chi connectivity index (χ3v) is 5.19. The Balaban J connectivity index is 1.95. The molecular formula is C17H18F2N6O2S. The van der Waals surface area contributed by atoms with Crippen LogP contribution in [-0.2, 0) is 23.6 Å². The van der Waals surface area contributed by atoms with Crippen LogP contribution in [0.1, 0.15) is 17.6 Å². The van der Waals surface area contributed by atoms with Gasteiger partial charge in [-0.2, -0.15) is 0 Å². The van der Waals surface area contributed by atoms with Crippen LogP contribution in [0.5, 0.6) is 0 Å². The summed E-state index contributed by atoms with van der Waals surface area (Å²) in [6.45, 7) is 0.202. The zero-order valence-electron chi connectivity index (χ0n) is 15.1. The molecule has 0 aliphatic carbocycles. The lowest BCUT2D eigenvalue weighted by Gasteiger charge is -2.11. The predicted molar refractivity (Wildman–Crippen MR) is 99.2 cm³/mol. The Kier molecular flexibility index (Phi) is 5.66. The lowest BCUT2D eigenvalue weighted by molar-refractivity contribution is 0.151. The van der Waals surface area contributed by atoms with Crippen molar-refractivity contribution in [2.24, 2.45) is 7.05 Å². The molecule has 1 aromatic carbocycles. The van der Waals surface area contributed by atoms with Crippen molar-refractivity contribution in [3.63, 3.8) is 0 Å². The Hall–Kier alpha value is -2.92. The van der Waals surface area contributed by atoms with Gasteiger partial charge < -0.3 is 9.88 Å². The molecule has 2 aromatic heterocycles. The van der Waals surface area contributed by atoms with Crippen LogP contribution in [0.25, 0.3) is 11.4 Å². The Labute approximate surface area is 160 Å². The molecule has 0 bridgehead atoms. The maximum Gasteiger partial charge on any atom is 0.263 e. The maximum absolute atomic E-state index is 12.9. The maximum atomic E-state index is 12.9. The fourth-order valence-electron chi connectivity index (χ4n) is 2.47. The van der Waals surface area contributed by atoms with E-state index in [0.717, 1.165) is 6.20 Å². The number of hydrogen-bond acceptors (Lipinski definition) is 6. The normalized spacial score (nSPS) is 11.8. The fourth-order valence-corrected chi connectivity index (χ4v) is 3.09. The lowest BCUT2D eigenvalue weighted by Crippen LogP contribution is -2.20. The van der Waals surface area contributed by atoms with E-state index < -0.39 is 16.4 Å². The molecule has 0 radical (unpaired) electrons. The molecule has 148 valence electrons. The summed E-state index contributed by atoms with van der Waals surface area (Å²) in [5.41, 5.74) is 1.21. The summed E-state index contributed by atoms with van der Waals surface area (Å²) in [6, 6.07) is 6.00. The molecule has 28 heavy (non-hydrogen) atoms. The van der Waals surface area contributed by atoms with Gasteiger partial charge >= 0.3 is 0 Å². The second kappa shape index (κ2) is 7.98. The molecular weight excluding hydrogens is 390 g/mol. The first kappa shape index (κ1) is 19.8. The van der Waals surface area contributed by atoms with E-state index in [9.17, 15) is 17.2 Å². The number of rotatable bonds is 7. The molecule has 2 N–H and O–H groups in total. The number of nitrogens with zero attached hydrogens (tertiary/aromatic N) is 4. The average molecular weight is 408 g/mol. The van der Waals surface area contributed by atoms with Crippen molar-refractivity contribution in [2.75, 3.05) is 12.4 Å². The van der Waals surface area contributed by atoms with E-state index in [1.165, 1.54) is 19.2 Å². The molecule has 0 saturated heterocycles. The molecule has 0 aliphatic heterocycles. The first-order valence-corrected chi connectivity index (χ1v) is 9.68. The molecule has 0 amide bonds. The quantitative estimate of drug-likeness (QED) is 0.622. The highest BCUT2D eigenvalue weighted by atomic mass is 32.2. The topological polar surface area (TPSA) is 102 Å². The minimum absolute atomic E-state index is 0.0780. The molecule has 0 aliphatic rings. The molecule has 0 unspecified atom stereocenters. The van der Waals surface area contributed by atoms with E-state index in [0.29, 0.717) is 11.3 Å². The molecule has 0 atom stereocenters. The van der Waals surface area contributed by atoms with Crippen molar-refractivity contribution in [3.05, 3.63) is 54.1 Å². The van der Waals surface area contributed by atoms with Crippen molar-refractivity contribution in [2.45, 2.75) is 18.0 Å². The van der Waals surface area contributed by atoms with Crippen molar-refractivity contribution < 1.29 is 17.2 Å². The van der Waals surface area contributed by atoms with Crippen LogP contribution in [-0.4, -0.2) is 35.0 Å². The minimum atomic E-state index is -3.79. The molecule has 0 fully saturated rings.